The van der Waals surface area contributed by atoms with Gasteiger partial charge in [-0.2, -0.15) is 0 Å². The third-order valence-corrected chi connectivity index (χ3v) is 8.20. The summed E-state index contributed by atoms with van der Waals surface area (Å²) < 4.78 is 12.4. The van der Waals surface area contributed by atoms with Crippen molar-refractivity contribution in [2.75, 3.05) is 11.5 Å². The smallest absolute Gasteiger partial charge is 0.301 e. The van der Waals surface area contributed by atoms with Gasteiger partial charge in [0.15, 0.2) is 5.13 Å². The first kappa shape index (κ1) is 25.8. The highest BCUT2D eigenvalue weighted by Gasteiger charge is 2.48. The number of amides is 1. The lowest BCUT2D eigenvalue weighted by molar-refractivity contribution is -0.132. The van der Waals surface area contributed by atoms with Crippen LogP contribution in [0.2, 0.25) is 0 Å². The normalized spacial score (nSPS) is 19.6. The van der Waals surface area contributed by atoms with E-state index < -0.39 is 17.7 Å². The van der Waals surface area contributed by atoms with Gasteiger partial charge in [-0.25, -0.2) is 4.98 Å². The zero-order valence-corrected chi connectivity index (χ0v) is 23.2. The molecule has 2 atom stereocenters. The lowest BCUT2D eigenvalue weighted by Crippen LogP contribution is -2.29. The Bertz CT molecular complexity index is 1720. The first-order valence-corrected chi connectivity index (χ1v) is 13.9. The fourth-order valence-corrected chi connectivity index (χ4v) is 6.60. The van der Waals surface area contributed by atoms with E-state index in [0.29, 0.717) is 35.0 Å². The van der Waals surface area contributed by atoms with Gasteiger partial charge >= 0.3 is 5.91 Å². The molecule has 2 aliphatic heterocycles. The van der Waals surface area contributed by atoms with E-state index in [-0.39, 0.29) is 17.4 Å². The maximum atomic E-state index is 13.6. The van der Waals surface area contributed by atoms with Crippen LogP contribution in [-0.4, -0.2) is 34.5 Å². The quantitative estimate of drug-likeness (QED) is 0.128. The number of aryl methyl sites for hydroxylation is 2. The Hall–Kier alpha value is -4.43. The van der Waals surface area contributed by atoms with E-state index in [1.54, 1.807) is 42.5 Å². The molecule has 202 valence electrons. The predicted molar refractivity (Wildman–Crippen MR) is 156 cm³/mol. The van der Waals surface area contributed by atoms with Crippen LogP contribution in [0.15, 0.2) is 72.8 Å². The van der Waals surface area contributed by atoms with Crippen molar-refractivity contribution in [3.05, 3.63) is 101 Å². The number of nitrogens with zero attached hydrogens (tertiary/aromatic N) is 2. The van der Waals surface area contributed by atoms with Crippen LogP contribution >= 0.6 is 11.3 Å². The number of carbonyl (C=O) groups excluding carboxylic acids is 2. The summed E-state index contributed by atoms with van der Waals surface area (Å²) in [5, 5.41) is 12.0. The van der Waals surface area contributed by atoms with Crippen LogP contribution in [0.3, 0.4) is 0 Å². The molecular weight excluding hydrogens is 524 g/mol. The number of ether oxygens (including phenoxy) is 2. The molecule has 0 bridgehead atoms. The molecular formula is C32H28N2O5S. The number of aliphatic hydroxyl groups excluding tert-OH is 1. The van der Waals surface area contributed by atoms with Gasteiger partial charge in [0.05, 0.1) is 21.8 Å². The molecule has 1 amide bonds. The van der Waals surface area contributed by atoms with Crippen molar-refractivity contribution < 1.29 is 24.2 Å². The first-order chi connectivity index (χ1) is 19.2. The summed E-state index contributed by atoms with van der Waals surface area (Å²) in [4.78, 5) is 33.5. The molecule has 7 nitrogen and oxygen atoms in total. The van der Waals surface area contributed by atoms with Crippen LogP contribution in [0.4, 0.5) is 5.13 Å². The number of thiazole rings is 1. The Balaban J connectivity index is 1.51. The number of aliphatic hydroxyl groups is 1. The number of carbonyl (C=O) groups is 2. The molecule has 2 unspecified atom stereocenters. The molecule has 1 aromatic heterocycles. The van der Waals surface area contributed by atoms with Crippen LogP contribution in [-0.2, 0) is 16.0 Å². The van der Waals surface area contributed by atoms with Gasteiger partial charge in [-0.3, -0.25) is 14.5 Å². The average Bonchev–Trinajstić information content (AvgIpc) is 3.60. The summed E-state index contributed by atoms with van der Waals surface area (Å²) in [5.74, 6) is -0.333. The second kappa shape index (κ2) is 9.95. The summed E-state index contributed by atoms with van der Waals surface area (Å²) in [7, 11) is 0. The predicted octanol–water partition coefficient (Wildman–Crippen LogP) is 6.43. The van der Waals surface area contributed by atoms with Crippen molar-refractivity contribution >= 4 is 44.1 Å². The van der Waals surface area contributed by atoms with Crippen LogP contribution < -0.4 is 14.4 Å². The van der Waals surface area contributed by atoms with Gasteiger partial charge in [0.25, 0.3) is 5.78 Å². The van der Waals surface area contributed by atoms with Crippen LogP contribution in [0.25, 0.3) is 16.0 Å². The number of rotatable bonds is 6. The largest absolute Gasteiger partial charge is 0.507 e. The zero-order valence-electron chi connectivity index (χ0n) is 22.4. The van der Waals surface area contributed by atoms with E-state index in [1.165, 1.54) is 16.2 Å². The van der Waals surface area contributed by atoms with E-state index in [2.05, 4.69) is 6.58 Å². The first-order valence-electron chi connectivity index (χ1n) is 13.1. The third-order valence-electron chi connectivity index (χ3n) is 7.20. The SMILES string of the molecule is C=CCOc1ccc(C2/C(=C(\O)c3ccc4c(c3)CC(C)O4)C(=O)C(=O)N2c2nc3c(C)cc(C)cc3s2)cc1. The Kier molecular flexibility index (Phi) is 6.43. The Morgan fingerprint density at radius 3 is 2.70 bits per heavy atom. The van der Waals surface area contributed by atoms with E-state index in [4.69, 9.17) is 14.5 Å². The Labute approximate surface area is 236 Å². The number of anilines is 1. The summed E-state index contributed by atoms with van der Waals surface area (Å²) >= 11 is 1.35. The lowest BCUT2D eigenvalue weighted by Gasteiger charge is -2.23. The van der Waals surface area contributed by atoms with Gasteiger partial charge in [-0.1, -0.05) is 42.2 Å². The molecule has 6 rings (SSSR count). The van der Waals surface area contributed by atoms with Crippen molar-refractivity contribution in [3.8, 4) is 11.5 Å². The molecule has 1 saturated heterocycles. The third kappa shape index (κ3) is 4.34. The summed E-state index contributed by atoms with van der Waals surface area (Å²) in [6, 6.07) is 15.7. The van der Waals surface area contributed by atoms with Crippen LogP contribution in [0, 0.1) is 13.8 Å². The van der Waals surface area contributed by atoms with Gasteiger partial charge < -0.3 is 14.6 Å². The number of benzene rings is 3. The molecule has 0 saturated carbocycles. The maximum Gasteiger partial charge on any atom is 0.301 e. The summed E-state index contributed by atoms with van der Waals surface area (Å²) in [6.07, 6.45) is 2.39. The topological polar surface area (TPSA) is 89.0 Å². The van der Waals surface area contributed by atoms with Gasteiger partial charge in [-0.05, 0) is 79.4 Å². The minimum absolute atomic E-state index is 0.0174. The Morgan fingerprint density at radius 1 is 1.18 bits per heavy atom. The van der Waals surface area contributed by atoms with Crippen LogP contribution in [0.5, 0.6) is 11.5 Å². The highest BCUT2D eigenvalue weighted by molar-refractivity contribution is 7.22. The molecule has 40 heavy (non-hydrogen) atoms. The van der Waals surface area contributed by atoms with Crippen molar-refractivity contribution in [1.82, 2.24) is 4.98 Å². The van der Waals surface area contributed by atoms with E-state index in [9.17, 15) is 14.7 Å². The number of ketones is 1. The molecule has 3 heterocycles. The van der Waals surface area contributed by atoms with Crippen molar-refractivity contribution in [1.29, 1.82) is 0 Å². The fraction of sp³-hybridized carbons (Fsp3) is 0.219. The summed E-state index contributed by atoms with van der Waals surface area (Å²) in [6.45, 7) is 9.99. The van der Waals surface area contributed by atoms with Crippen molar-refractivity contribution in [2.45, 2.75) is 39.3 Å². The molecule has 1 N–H and O–H groups in total. The van der Waals surface area contributed by atoms with Gasteiger partial charge in [0, 0.05) is 12.0 Å². The molecule has 3 aromatic carbocycles. The fourth-order valence-electron chi connectivity index (χ4n) is 5.43. The lowest BCUT2D eigenvalue weighted by atomic mass is 9.94. The second-order valence-electron chi connectivity index (χ2n) is 10.2. The zero-order chi connectivity index (χ0) is 28.1. The van der Waals surface area contributed by atoms with Crippen LogP contribution in [0.1, 0.15) is 40.8 Å². The molecule has 8 heteroatoms. The van der Waals surface area contributed by atoms with Gasteiger partial charge in [0.2, 0.25) is 0 Å². The summed E-state index contributed by atoms with van der Waals surface area (Å²) in [5.41, 5.74) is 4.94. The molecule has 0 spiro atoms. The molecule has 0 radical (unpaired) electrons. The average molecular weight is 553 g/mol. The van der Waals surface area contributed by atoms with Crippen molar-refractivity contribution in [3.63, 3.8) is 0 Å². The standard InChI is InChI=1S/C32H28N2O5S/c1-5-12-38-23-9-6-20(7-10-23)28-26(29(35)21-8-11-24-22(16-21)15-19(4)39-24)30(36)31(37)34(28)32-33-27-18(3)13-17(2)14-25(27)40-32/h5-11,13-14,16,19,28,35H,1,12,15H2,2-4H3/b29-26+. The van der Waals surface area contributed by atoms with E-state index >= 15 is 0 Å². The Morgan fingerprint density at radius 2 is 1.95 bits per heavy atom. The molecule has 1 fully saturated rings. The van der Waals surface area contributed by atoms with E-state index in [0.717, 1.165) is 32.7 Å². The molecule has 0 aliphatic carbocycles. The number of hydrogen-bond donors (Lipinski definition) is 1. The maximum absolute atomic E-state index is 13.6. The van der Waals surface area contributed by atoms with Crippen molar-refractivity contribution in [2.24, 2.45) is 0 Å². The van der Waals surface area contributed by atoms with Gasteiger partial charge in [0.1, 0.15) is 30.0 Å². The number of hydrogen-bond acceptors (Lipinski definition) is 7. The highest BCUT2D eigenvalue weighted by Crippen LogP contribution is 2.45. The molecule has 4 aromatic rings. The number of Topliss-reactive ketones (excluding diaryl/α,β-unsaturated/α-hetero) is 1. The minimum Gasteiger partial charge on any atom is -0.507 e. The molecule has 2 aliphatic rings. The van der Waals surface area contributed by atoms with Gasteiger partial charge in [-0.15, -0.1) is 0 Å². The number of fused-ring (bicyclic) bond motifs is 2. The number of aromatic nitrogens is 1. The second-order valence-corrected chi connectivity index (χ2v) is 11.2. The van der Waals surface area contributed by atoms with E-state index in [1.807, 2.05) is 39.0 Å². The monoisotopic (exact) mass is 552 g/mol. The highest BCUT2D eigenvalue weighted by atomic mass is 32.1. The minimum atomic E-state index is -0.876.